The van der Waals surface area contributed by atoms with Crippen LogP contribution < -0.4 is 11.9 Å². The van der Waals surface area contributed by atoms with Gasteiger partial charge < -0.3 is 25.2 Å². The van der Waals surface area contributed by atoms with Crippen LogP contribution in [0.4, 0.5) is 0 Å². The monoisotopic (exact) mass is 384 g/mol. The third-order valence-electron chi connectivity index (χ3n) is 5.79. The molecule has 1 aromatic rings. The van der Waals surface area contributed by atoms with Gasteiger partial charge in [-0.2, -0.15) is 0 Å². The molecule has 5 nitrogen and oxygen atoms in total. The number of hydrogen-bond acceptors (Lipinski definition) is 5. The highest BCUT2D eigenvalue weighted by atomic mass is 28.4. The lowest BCUT2D eigenvalue weighted by Crippen LogP contribution is -2.64. The lowest BCUT2D eigenvalue weighted by Gasteiger charge is -2.54. The SMILES string of the molecule is CO[Si](OC)(OC)C(C(C)C)(C(C)C)C(Cc1ccccc1)C(C)N.N. The molecule has 0 heterocycles. The van der Waals surface area contributed by atoms with E-state index in [1.54, 1.807) is 21.3 Å². The maximum atomic E-state index is 6.56. The molecular formula is C20H40N2O3Si. The normalized spacial score (nSPS) is 15.0. The van der Waals surface area contributed by atoms with Gasteiger partial charge in [0.05, 0.1) is 0 Å². The van der Waals surface area contributed by atoms with E-state index in [0.29, 0.717) is 11.8 Å². The van der Waals surface area contributed by atoms with Crippen molar-refractivity contribution in [2.24, 2.45) is 23.5 Å². The first kappa shape index (κ1) is 25.2. The summed E-state index contributed by atoms with van der Waals surface area (Å²) in [5, 5.41) is -0.296. The second kappa shape index (κ2) is 10.5. The average molecular weight is 385 g/mol. The maximum Gasteiger partial charge on any atom is 0.507 e. The fourth-order valence-electron chi connectivity index (χ4n) is 4.90. The van der Waals surface area contributed by atoms with Gasteiger partial charge in [0.1, 0.15) is 0 Å². The molecule has 6 heteroatoms. The van der Waals surface area contributed by atoms with Crippen LogP contribution >= 0.6 is 0 Å². The van der Waals surface area contributed by atoms with Gasteiger partial charge in [0.15, 0.2) is 0 Å². The van der Waals surface area contributed by atoms with E-state index < -0.39 is 8.80 Å². The van der Waals surface area contributed by atoms with Crippen molar-refractivity contribution in [3.8, 4) is 0 Å². The van der Waals surface area contributed by atoms with Crippen LogP contribution in [0.25, 0.3) is 0 Å². The van der Waals surface area contributed by atoms with Gasteiger partial charge in [-0.25, -0.2) is 0 Å². The van der Waals surface area contributed by atoms with Crippen LogP contribution in [-0.4, -0.2) is 36.2 Å². The average Bonchev–Trinajstić information content (AvgIpc) is 2.58. The zero-order chi connectivity index (χ0) is 19.3. The Balaban J connectivity index is 0.00000625. The van der Waals surface area contributed by atoms with E-state index >= 15 is 0 Å². The van der Waals surface area contributed by atoms with E-state index in [1.807, 2.05) is 6.07 Å². The zero-order valence-corrected chi connectivity index (χ0v) is 18.9. The molecule has 0 spiro atoms. The quantitative estimate of drug-likeness (QED) is 0.588. The molecule has 152 valence electrons. The molecule has 1 aromatic carbocycles. The van der Waals surface area contributed by atoms with Gasteiger partial charge in [-0.3, -0.25) is 0 Å². The van der Waals surface area contributed by atoms with Crippen molar-refractivity contribution in [3.63, 3.8) is 0 Å². The third-order valence-corrected chi connectivity index (χ3v) is 9.99. The summed E-state index contributed by atoms with van der Waals surface area (Å²) in [4.78, 5) is 0. The summed E-state index contributed by atoms with van der Waals surface area (Å²) in [5.74, 6) is 0.749. The summed E-state index contributed by atoms with van der Waals surface area (Å²) < 4.78 is 18.1. The molecule has 0 aliphatic rings. The van der Waals surface area contributed by atoms with E-state index in [1.165, 1.54) is 5.56 Å². The minimum Gasteiger partial charge on any atom is -0.376 e. The van der Waals surface area contributed by atoms with Gasteiger partial charge in [0, 0.05) is 32.4 Å². The van der Waals surface area contributed by atoms with Crippen LogP contribution in [0.1, 0.15) is 40.2 Å². The predicted molar refractivity (Wildman–Crippen MR) is 111 cm³/mol. The van der Waals surface area contributed by atoms with Crippen LogP contribution in [0.5, 0.6) is 0 Å². The molecule has 0 saturated heterocycles. The second-order valence-electron chi connectivity index (χ2n) is 7.57. The largest absolute Gasteiger partial charge is 0.507 e. The highest BCUT2D eigenvalue weighted by molar-refractivity contribution is 6.64. The van der Waals surface area contributed by atoms with E-state index in [0.717, 1.165) is 6.42 Å². The Kier molecular flexibility index (Phi) is 10.2. The van der Waals surface area contributed by atoms with Crippen molar-refractivity contribution in [2.45, 2.75) is 52.1 Å². The van der Waals surface area contributed by atoms with E-state index in [2.05, 4.69) is 58.9 Å². The lowest BCUT2D eigenvalue weighted by atomic mass is 9.69. The molecule has 0 aliphatic heterocycles. The standard InChI is InChI=1S/C20H37NO3Si.H3N/c1-15(2)20(16(3)4,25(22-6,23-7)24-8)19(17(5)21)14-18-12-10-9-11-13-18;/h9-13,15-17,19H,14,21H2,1-8H3;1H3. The Morgan fingerprint density at radius 2 is 1.31 bits per heavy atom. The molecule has 1 rings (SSSR count). The van der Waals surface area contributed by atoms with Gasteiger partial charge in [-0.1, -0.05) is 58.0 Å². The molecule has 0 saturated carbocycles. The van der Waals surface area contributed by atoms with Crippen molar-refractivity contribution in [2.75, 3.05) is 21.3 Å². The highest BCUT2D eigenvalue weighted by Gasteiger charge is 2.66. The first-order valence-corrected chi connectivity index (χ1v) is 10.9. The number of benzene rings is 1. The van der Waals surface area contributed by atoms with Crippen molar-refractivity contribution in [1.82, 2.24) is 6.15 Å². The molecule has 0 aromatic heterocycles. The summed E-state index contributed by atoms with van der Waals surface area (Å²) >= 11 is 0. The van der Waals surface area contributed by atoms with Crippen LogP contribution in [0.2, 0.25) is 5.04 Å². The third kappa shape index (κ3) is 4.38. The van der Waals surface area contributed by atoms with E-state index in [-0.39, 0.29) is 23.1 Å². The molecule has 5 N–H and O–H groups in total. The van der Waals surface area contributed by atoms with Gasteiger partial charge >= 0.3 is 8.80 Å². The minimum atomic E-state index is -2.98. The molecule has 0 amide bonds. The fourth-order valence-corrected chi connectivity index (χ4v) is 8.69. The summed E-state index contributed by atoms with van der Waals surface area (Å²) in [5.41, 5.74) is 7.84. The summed E-state index contributed by atoms with van der Waals surface area (Å²) in [6.07, 6.45) is 0.875. The second-order valence-corrected chi connectivity index (χ2v) is 10.8. The number of rotatable bonds is 10. The molecule has 2 atom stereocenters. The molecule has 0 bridgehead atoms. The van der Waals surface area contributed by atoms with Crippen LogP contribution in [0.15, 0.2) is 30.3 Å². The van der Waals surface area contributed by atoms with Crippen LogP contribution in [-0.2, 0) is 19.7 Å². The molecule has 0 radical (unpaired) electrons. The molecule has 26 heavy (non-hydrogen) atoms. The summed E-state index contributed by atoms with van der Waals surface area (Å²) in [7, 11) is 2.14. The van der Waals surface area contributed by atoms with Crippen molar-refractivity contribution in [1.29, 1.82) is 0 Å². The predicted octanol–water partition coefficient (Wildman–Crippen LogP) is 4.29. The lowest BCUT2D eigenvalue weighted by molar-refractivity contribution is 0.0253. The Morgan fingerprint density at radius 1 is 0.885 bits per heavy atom. The van der Waals surface area contributed by atoms with Crippen LogP contribution in [0, 0.1) is 17.8 Å². The molecular weight excluding hydrogens is 344 g/mol. The molecule has 0 aliphatic carbocycles. The summed E-state index contributed by atoms with van der Waals surface area (Å²) in [6, 6.07) is 10.5. The van der Waals surface area contributed by atoms with Gasteiger partial charge in [-0.15, -0.1) is 0 Å². The van der Waals surface area contributed by atoms with Crippen molar-refractivity contribution >= 4 is 8.80 Å². The Bertz CT molecular complexity index is 489. The minimum absolute atomic E-state index is 0. The first-order valence-electron chi connectivity index (χ1n) is 9.18. The Hall–Kier alpha value is -0.763. The maximum absolute atomic E-state index is 6.56. The molecule has 2 unspecified atom stereocenters. The zero-order valence-electron chi connectivity index (χ0n) is 17.9. The topological polar surface area (TPSA) is 88.7 Å². The van der Waals surface area contributed by atoms with Crippen LogP contribution in [0.3, 0.4) is 0 Å². The van der Waals surface area contributed by atoms with E-state index in [9.17, 15) is 0 Å². The molecule has 0 fully saturated rings. The van der Waals surface area contributed by atoms with E-state index in [4.69, 9.17) is 19.0 Å². The number of hydrogen-bond donors (Lipinski definition) is 2. The van der Waals surface area contributed by atoms with Crippen molar-refractivity contribution in [3.05, 3.63) is 35.9 Å². The number of nitrogens with two attached hydrogens (primary N) is 1. The summed E-state index contributed by atoms with van der Waals surface area (Å²) in [6.45, 7) is 11.0. The first-order chi connectivity index (χ1) is 11.7. The van der Waals surface area contributed by atoms with Gasteiger partial charge in [0.25, 0.3) is 0 Å². The smallest absolute Gasteiger partial charge is 0.376 e. The fraction of sp³-hybridized carbons (Fsp3) is 0.700. The van der Waals surface area contributed by atoms with Crippen molar-refractivity contribution < 1.29 is 13.3 Å². The van der Waals surface area contributed by atoms with Gasteiger partial charge in [0.2, 0.25) is 0 Å². The Morgan fingerprint density at radius 3 is 1.62 bits per heavy atom. The Labute approximate surface area is 161 Å². The highest BCUT2D eigenvalue weighted by Crippen LogP contribution is 2.59. The van der Waals surface area contributed by atoms with Gasteiger partial charge in [-0.05, 0) is 36.7 Å².